The second-order valence-electron chi connectivity index (χ2n) is 8.78. The lowest BCUT2D eigenvalue weighted by atomic mass is 9.93. The first-order valence-corrected chi connectivity index (χ1v) is 13.4. The fourth-order valence-corrected chi connectivity index (χ4v) is 5.25. The largest absolute Gasteiger partial charge is 0.456 e. The molecule has 6 rings (SSSR count). The van der Waals surface area contributed by atoms with Crippen LogP contribution in [-0.2, 0) is 10.1 Å². The number of benzene rings is 5. The average Bonchev–Trinajstić information content (AvgIpc) is 2.92. The fourth-order valence-electron chi connectivity index (χ4n) is 4.55. The zero-order valence-corrected chi connectivity index (χ0v) is 20.9. The lowest BCUT2D eigenvalue weighted by Crippen LogP contribution is -2.04. The molecule has 7 heteroatoms. The quantitative estimate of drug-likeness (QED) is 0.183. The van der Waals surface area contributed by atoms with Gasteiger partial charge < -0.3 is 9.73 Å². The van der Waals surface area contributed by atoms with Crippen LogP contribution in [0, 0.1) is 0 Å². The first-order chi connectivity index (χ1) is 18.5. The van der Waals surface area contributed by atoms with Gasteiger partial charge in [-0.05, 0) is 54.6 Å². The van der Waals surface area contributed by atoms with Crippen molar-refractivity contribution in [3.8, 4) is 22.5 Å². The van der Waals surface area contributed by atoms with Crippen molar-refractivity contribution in [1.29, 1.82) is 0 Å². The van der Waals surface area contributed by atoms with E-state index in [-0.39, 0.29) is 4.90 Å². The highest BCUT2D eigenvalue weighted by atomic mass is 32.2. The molecule has 0 saturated carbocycles. The molecule has 0 aromatic heterocycles. The molecule has 0 atom stereocenters. The van der Waals surface area contributed by atoms with Gasteiger partial charge in [0.15, 0.2) is 0 Å². The summed E-state index contributed by atoms with van der Waals surface area (Å²) in [6.45, 7) is 0. The third kappa shape index (κ3) is 4.68. The highest BCUT2D eigenvalue weighted by Gasteiger charge is 2.23. The van der Waals surface area contributed by atoms with Crippen molar-refractivity contribution in [1.82, 2.24) is 0 Å². The van der Waals surface area contributed by atoms with Gasteiger partial charge in [-0.2, -0.15) is 8.42 Å². The molecular formula is C31H22N2O4S. The van der Waals surface area contributed by atoms with Crippen molar-refractivity contribution in [2.45, 2.75) is 4.90 Å². The van der Waals surface area contributed by atoms with Crippen molar-refractivity contribution in [2.24, 2.45) is 4.99 Å². The lowest BCUT2D eigenvalue weighted by molar-refractivity contribution is 0.483. The summed E-state index contributed by atoms with van der Waals surface area (Å²) in [5, 5.41) is 4.77. The Morgan fingerprint density at radius 2 is 1.39 bits per heavy atom. The second-order valence-corrected chi connectivity index (χ2v) is 10.2. The van der Waals surface area contributed by atoms with Crippen LogP contribution in [-0.4, -0.2) is 13.0 Å². The summed E-state index contributed by atoms with van der Waals surface area (Å²) < 4.78 is 41.0. The van der Waals surface area contributed by atoms with Gasteiger partial charge in [0, 0.05) is 45.6 Å². The molecule has 0 bridgehead atoms. The molecule has 6 nitrogen and oxygen atoms in total. The van der Waals surface area contributed by atoms with Gasteiger partial charge in [0.05, 0.1) is 11.0 Å². The van der Waals surface area contributed by atoms with E-state index in [1.807, 2.05) is 97.1 Å². The maximum Gasteiger partial charge on any atom is 0.295 e. The van der Waals surface area contributed by atoms with Crippen molar-refractivity contribution in [3.05, 3.63) is 127 Å². The lowest BCUT2D eigenvalue weighted by Gasteiger charge is -2.18. The van der Waals surface area contributed by atoms with E-state index < -0.39 is 10.1 Å². The number of anilines is 2. The van der Waals surface area contributed by atoms with Crippen LogP contribution in [0.1, 0.15) is 0 Å². The standard InChI is InChI=1S/C31H22N2O4S/c34-38(35,36)30-14-8-7-13-27(30)31-25-17-15-23(32-21-9-3-1-4-10-21)19-28(25)37-29-20-24(16-18-26(29)31)33-22-11-5-2-6-12-22/h1-20,32H,(H,34,35,36)/b33-24+. The van der Waals surface area contributed by atoms with Gasteiger partial charge in [-0.3, -0.25) is 4.55 Å². The van der Waals surface area contributed by atoms with E-state index in [4.69, 9.17) is 9.41 Å². The van der Waals surface area contributed by atoms with Gasteiger partial charge in [0.25, 0.3) is 10.1 Å². The molecule has 4 aromatic rings. The topological polar surface area (TPSA) is 91.9 Å². The van der Waals surface area contributed by atoms with Gasteiger partial charge in [-0.25, -0.2) is 4.99 Å². The Morgan fingerprint density at radius 1 is 0.684 bits per heavy atom. The van der Waals surface area contributed by atoms with E-state index in [1.54, 1.807) is 18.2 Å². The Hall–Kier alpha value is -4.72. The van der Waals surface area contributed by atoms with Crippen molar-refractivity contribution in [2.75, 3.05) is 5.32 Å². The van der Waals surface area contributed by atoms with Crippen LogP contribution in [0.25, 0.3) is 33.4 Å². The summed E-state index contributed by atoms with van der Waals surface area (Å²) in [7, 11) is -4.48. The summed E-state index contributed by atoms with van der Waals surface area (Å²) in [5.74, 6) is 0.534. The molecule has 38 heavy (non-hydrogen) atoms. The first kappa shape index (κ1) is 23.7. The molecule has 0 radical (unpaired) electrons. The molecule has 0 amide bonds. The van der Waals surface area contributed by atoms with Crippen LogP contribution >= 0.6 is 0 Å². The van der Waals surface area contributed by atoms with Crippen LogP contribution in [0.3, 0.4) is 0 Å². The zero-order valence-electron chi connectivity index (χ0n) is 20.1. The predicted octanol–water partition coefficient (Wildman–Crippen LogP) is 7.43. The smallest absolute Gasteiger partial charge is 0.295 e. The van der Waals surface area contributed by atoms with Crippen LogP contribution in [0.2, 0.25) is 0 Å². The maximum absolute atomic E-state index is 12.3. The van der Waals surface area contributed by atoms with E-state index in [0.29, 0.717) is 38.8 Å². The van der Waals surface area contributed by atoms with Crippen molar-refractivity contribution in [3.63, 3.8) is 0 Å². The number of hydrogen-bond acceptors (Lipinski definition) is 5. The number of hydrogen-bond donors (Lipinski definition) is 2. The van der Waals surface area contributed by atoms with Gasteiger partial charge in [0.1, 0.15) is 16.2 Å². The van der Waals surface area contributed by atoms with E-state index >= 15 is 0 Å². The molecule has 0 saturated heterocycles. The van der Waals surface area contributed by atoms with E-state index in [9.17, 15) is 13.0 Å². The van der Waals surface area contributed by atoms with Gasteiger partial charge in [0.2, 0.25) is 0 Å². The molecule has 1 heterocycles. The Morgan fingerprint density at radius 3 is 2.16 bits per heavy atom. The highest BCUT2D eigenvalue weighted by Crippen LogP contribution is 2.42. The first-order valence-electron chi connectivity index (χ1n) is 12.0. The number of nitrogens with zero attached hydrogens (tertiary/aromatic N) is 1. The Bertz CT molecular complexity index is 1920. The van der Waals surface area contributed by atoms with Crippen molar-refractivity contribution >= 4 is 38.1 Å². The van der Waals surface area contributed by atoms with E-state index in [0.717, 1.165) is 17.1 Å². The Balaban J connectivity index is 1.62. The molecule has 2 aliphatic rings. The molecular weight excluding hydrogens is 496 g/mol. The van der Waals surface area contributed by atoms with Crippen LogP contribution in [0.4, 0.5) is 17.1 Å². The molecule has 0 spiro atoms. The predicted molar refractivity (Wildman–Crippen MR) is 149 cm³/mol. The van der Waals surface area contributed by atoms with E-state index in [1.165, 1.54) is 6.07 Å². The zero-order chi connectivity index (χ0) is 26.1. The van der Waals surface area contributed by atoms with Crippen LogP contribution in [0.5, 0.6) is 0 Å². The molecule has 2 N–H and O–H groups in total. The molecule has 4 aromatic carbocycles. The van der Waals surface area contributed by atoms with Gasteiger partial charge in [-0.1, -0.05) is 54.6 Å². The number of rotatable bonds is 5. The van der Waals surface area contributed by atoms with Crippen LogP contribution in [0.15, 0.2) is 136 Å². The minimum absolute atomic E-state index is 0.168. The fraction of sp³-hybridized carbons (Fsp3) is 0. The van der Waals surface area contributed by atoms with Crippen molar-refractivity contribution < 1.29 is 17.4 Å². The number of fused-ring (bicyclic) bond motifs is 2. The number of para-hydroxylation sites is 2. The SMILES string of the molecule is O=S(=O)(O)c1ccccc1-c1c2cc/c(=N\c3ccccc3)cc-2oc2cc(Nc3ccccc3)ccc12. The molecule has 186 valence electrons. The molecule has 0 fully saturated rings. The normalized spacial score (nSPS) is 12.2. The van der Waals surface area contributed by atoms with Crippen LogP contribution < -0.4 is 10.7 Å². The Labute approximate surface area is 219 Å². The minimum atomic E-state index is -4.48. The maximum atomic E-state index is 12.3. The van der Waals surface area contributed by atoms with Gasteiger partial charge >= 0.3 is 0 Å². The highest BCUT2D eigenvalue weighted by molar-refractivity contribution is 7.86. The summed E-state index contributed by atoms with van der Waals surface area (Å²) in [6, 6.07) is 37.0. The Kier molecular flexibility index (Phi) is 5.99. The summed E-state index contributed by atoms with van der Waals surface area (Å²) in [5.41, 5.74) is 4.82. The van der Waals surface area contributed by atoms with E-state index in [2.05, 4.69) is 5.32 Å². The molecule has 0 unspecified atom stereocenters. The average molecular weight is 519 g/mol. The monoisotopic (exact) mass is 518 g/mol. The third-order valence-corrected chi connectivity index (χ3v) is 7.13. The third-order valence-electron chi connectivity index (χ3n) is 6.22. The van der Waals surface area contributed by atoms with Gasteiger partial charge in [-0.15, -0.1) is 0 Å². The minimum Gasteiger partial charge on any atom is -0.456 e. The summed E-state index contributed by atoms with van der Waals surface area (Å²) in [4.78, 5) is 4.53. The molecule has 1 aliphatic carbocycles. The molecule has 1 aliphatic heterocycles. The number of nitrogens with one attached hydrogen (secondary N) is 1. The second kappa shape index (κ2) is 9.63. The summed E-state index contributed by atoms with van der Waals surface area (Å²) in [6.07, 6.45) is 0. The summed E-state index contributed by atoms with van der Waals surface area (Å²) >= 11 is 0.